The lowest BCUT2D eigenvalue weighted by atomic mass is 10.1. The third-order valence-electron chi connectivity index (χ3n) is 4.01. The van der Waals surface area contributed by atoms with E-state index in [4.69, 9.17) is 9.84 Å². The molecule has 0 aliphatic carbocycles. The van der Waals surface area contributed by atoms with Crippen molar-refractivity contribution in [2.24, 2.45) is 0 Å². The molecule has 0 aliphatic heterocycles. The minimum Gasteiger partial charge on any atom is -0.497 e. The van der Waals surface area contributed by atoms with Crippen LogP contribution in [0.2, 0.25) is 0 Å². The van der Waals surface area contributed by atoms with Crippen LogP contribution in [0.3, 0.4) is 0 Å². The van der Waals surface area contributed by atoms with Gasteiger partial charge in [-0.05, 0) is 42.5 Å². The third kappa shape index (κ3) is 2.42. The molecule has 0 saturated carbocycles. The average molecular weight is 318 g/mol. The Morgan fingerprint density at radius 2 is 1.67 bits per heavy atom. The molecule has 3 nitrogen and oxygen atoms in total. The highest BCUT2D eigenvalue weighted by atomic mass is 19.1. The third-order valence-corrected chi connectivity index (χ3v) is 4.01. The van der Waals surface area contributed by atoms with Gasteiger partial charge in [-0.3, -0.25) is 0 Å². The van der Waals surface area contributed by atoms with Crippen LogP contribution in [0.25, 0.3) is 27.8 Å². The number of benzene rings is 3. The quantitative estimate of drug-likeness (QED) is 0.540. The number of aromatic nitrogens is 2. The van der Waals surface area contributed by atoms with Crippen molar-refractivity contribution in [1.29, 1.82) is 0 Å². The average Bonchev–Trinajstić information content (AvgIpc) is 3.02. The van der Waals surface area contributed by atoms with Gasteiger partial charge in [0.15, 0.2) is 0 Å². The molecule has 1 heterocycles. The highest BCUT2D eigenvalue weighted by molar-refractivity contribution is 5.95. The fourth-order valence-electron chi connectivity index (χ4n) is 2.81. The molecule has 24 heavy (non-hydrogen) atoms. The van der Waals surface area contributed by atoms with E-state index in [1.807, 2.05) is 53.2 Å². The molecular formula is C20H15FN2O. The van der Waals surface area contributed by atoms with Crippen LogP contribution in [-0.2, 0) is 0 Å². The summed E-state index contributed by atoms with van der Waals surface area (Å²) >= 11 is 0. The maximum absolute atomic E-state index is 13.2. The number of nitrogens with zero attached hydrogens (tertiary/aromatic N) is 2. The van der Waals surface area contributed by atoms with Crippen molar-refractivity contribution in [3.05, 3.63) is 78.6 Å². The SMILES string of the molecule is COc1ccc2c(c1)c(-c1ccccc1)nn2-c1ccc(F)cc1. The maximum Gasteiger partial charge on any atom is 0.123 e. The fourth-order valence-corrected chi connectivity index (χ4v) is 2.81. The lowest BCUT2D eigenvalue weighted by Crippen LogP contribution is -1.96. The molecular weight excluding hydrogens is 303 g/mol. The molecule has 4 heteroatoms. The Morgan fingerprint density at radius 3 is 2.38 bits per heavy atom. The molecule has 0 bridgehead atoms. The van der Waals surface area contributed by atoms with Crippen LogP contribution in [0.1, 0.15) is 0 Å². The number of ether oxygens (including phenoxy) is 1. The van der Waals surface area contributed by atoms with Crippen molar-refractivity contribution in [2.75, 3.05) is 7.11 Å². The van der Waals surface area contributed by atoms with Gasteiger partial charge in [0.1, 0.15) is 17.3 Å². The summed E-state index contributed by atoms with van der Waals surface area (Å²) in [7, 11) is 1.65. The molecule has 4 rings (SSSR count). The first kappa shape index (κ1) is 14.5. The first-order valence-electron chi connectivity index (χ1n) is 7.64. The van der Waals surface area contributed by atoms with E-state index < -0.39 is 0 Å². The standard InChI is InChI=1S/C20H15FN2O/c1-24-17-11-12-19-18(13-17)20(14-5-3-2-4-6-14)22-23(19)16-9-7-15(21)8-10-16/h2-13H,1H3. The molecule has 0 aliphatic rings. The Hall–Kier alpha value is -3.14. The van der Waals surface area contributed by atoms with Gasteiger partial charge in [-0.15, -0.1) is 0 Å². The minimum atomic E-state index is -0.264. The molecule has 0 N–H and O–H groups in total. The first-order valence-corrected chi connectivity index (χ1v) is 7.64. The first-order chi connectivity index (χ1) is 11.8. The van der Waals surface area contributed by atoms with E-state index in [2.05, 4.69) is 0 Å². The second kappa shape index (κ2) is 5.81. The largest absolute Gasteiger partial charge is 0.497 e. The number of halogens is 1. The zero-order valence-corrected chi connectivity index (χ0v) is 13.1. The monoisotopic (exact) mass is 318 g/mol. The maximum atomic E-state index is 13.2. The summed E-state index contributed by atoms with van der Waals surface area (Å²) in [5.41, 5.74) is 3.65. The number of methoxy groups -OCH3 is 1. The van der Waals surface area contributed by atoms with Crippen molar-refractivity contribution < 1.29 is 9.13 Å². The van der Waals surface area contributed by atoms with E-state index in [0.29, 0.717) is 0 Å². The van der Waals surface area contributed by atoms with Gasteiger partial charge in [0.05, 0.1) is 18.3 Å². The van der Waals surface area contributed by atoms with Crippen LogP contribution < -0.4 is 4.74 Å². The Bertz CT molecular complexity index is 992. The van der Waals surface area contributed by atoms with Gasteiger partial charge in [0, 0.05) is 10.9 Å². The van der Waals surface area contributed by atoms with Crippen LogP contribution >= 0.6 is 0 Å². The summed E-state index contributed by atoms with van der Waals surface area (Å²) in [6.07, 6.45) is 0. The molecule has 118 valence electrons. The zero-order valence-electron chi connectivity index (χ0n) is 13.1. The molecule has 0 amide bonds. The fraction of sp³-hybridized carbons (Fsp3) is 0.0500. The van der Waals surface area contributed by atoms with E-state index in [-0.39, 0.29) is 5.82 Å². The van der Waals surface area contributed by atoms with E-state index in [0.717, 1.165) is 33.6 Å². The predicted molar refractivity (Wildman–Crippen MR) is 93.0 cm³/mol. The van der Waals surface area contributed by atoms with Crippen LogP contribution in [0.15, 0.2) is 72.8 Å². The van der Waals surface area contributed by atoms with Crippen LogP contribution in [0.5, 0.6) is 5.75 Å². The predicted octanol–water partition coefficient (Wildman–Crippen LogP) is 4.84. The number of hydrogen-bond donors (Lipinski definition) is 0. The summed E-state index contributed by atoms with van der Waals surface area (Å²) in [6, 6.07) is 22.2. The zero-order chi connectivity index (χ0) is 16.5. The topological polar surface area (TPSA) is 27.1 Å². The van der Waals surface area contributed by atoms with Gasteiger partial charge in [-0.1, -0.05) is 30.3 Å². The molecule has 0 fully saturated rings. The highest BCUT2D eigenvalue weighted by Crippen LogP contribution is 2.32. The second-order valence-corrected chi connectivity index (χ2v) is 5.49. The van der Waals surface area contributed by atoms with Crippen LogP contribution in [-0.4, -0.2) is 16.9 Å². The Kier molecular flexibility index (Phi) is 3.50. The number of hydrogen-bond acceptors (Lipinski definition) is 2. The molecule has 1 aromatic heterocycles. The Balaban J connectivity index is 2.00. The molecule has 4 aromatic rings. The number of fused-ring (bicyclic) bond motifs is 1. The van der Waals surface area contributed by atoms with Crippen molar-refractivity contribution in [1.82, 2.24) is 9.78 Å². The van der Waals surface area contributed by atoms with Crippen molar-refractivity contribution in [2.45, 2.75) is 0 Å². The van der Waals surface area contributed by atoms with Crippen LogP contribution in [0, 0.1) is 5.82 Å². The summed E-state index contributed by atoms with van der Waals surface area (Å²) in [5, 5.41) is 5.76. The number of rotatable bonds is 3. The summed E-state index contributed by atoms with van der Waals surface area (Å²) < 4.78 is 20.4. The Morgan fingerprint density at radius 1 is 0.917 bits per heavy atom. The van der Waals surface area contributed by atoms with Gasteiger partial charge < -0.3 is 4.74 Å². The van der Waals surface area contributed by atoms with Gasteiger partial charge in [-0.25, -0.2) is 9.07 Å². The van der Waals surface area contributed by atoms with Crippen molar-refractivity contribution >= 4 is 10.9 Å². The summed E-state index contributed by atoms with van der Waals surface area (Å²) in [6.45, 7) is 0. The second-order valence-electron chi connectivity index (χ2n) is 5.49. The van der Waals surface area contributed by atoms with E-state index in [1.54, 1.807) is 19.2 Å². The van der Waals surface area contributed by atoms with E-state index >= 15 is 0 Å². The highest BCUT2D eigenvalue weighted by Gasteiger charge is 2.14. The lowest BCUT2D eigenvalue weighted by Gasteiger charge is -2.04. The minimum absolute atomic E-state index is 0.264. The van der Waals surface area contributed by atoms with E-state index in [1.165, 1.54) is 12.1 Å². The van der Waals surface area contributed by atoms with Gasteiger partial charge in [0.2, 0.25) is 0 Å². The molecule has 0 unspecified atom stereocenters. The normalized spacial score (nSPS) is 10.9. The molecule has 3 aromatic carbocycles. The molecule has 0 saturated heterocycles. The van der Waals surface area contributed by atoms with Gasteiger partial charge >= 0.3 is 0 Å². The smallest absolute Gasteiger partial charge is 0.123 e. The summed E-state index contributed by atoms with van der Waals surface area (Å²) in [4.78, 5) is 0. The van der Waals surface area contributed by atoms with Gasteiger partial charge in [-0.2, -0.15) is 5.10 Å². The van der Waals surface area contributed by atoms with Gasteiger partial charge in [0.25, 0.3) is 0 Å². The lowest BCUT2D eigenvalue weighted by molar-refractivity contribution is 0.415. The molecule has 0 spiro atoms. The van der Waals surface area contributed by atoms with Crippen molar-refractivity contribution in [3.8, 4) is 22.7 Å². The van der Waals surface area contributed by atoms with E-state index in [9.17, 15) is 4.39 Å². The van der Waals surface area contributed by atoms with Crippen LogP contribution in [0.4, 0.5) is 4.39 Å². The Labute approximate surface area is 138 Å². The van der Waals surface area contributed by atoms with Crippen molar-refractivity contribution in [3.63, 3.8) is 0 Å². The molecule has 0 atom stereocenters. The molecule has 0 radical (unpaired) electrons. The summed E-state index contributed by atoms with van der Waals surface area (Å²) in [5.74, 6) is 0.513.